The summed E-state index contributed by atoms with van der Waals surface area (Å²) in [6.45, 7) is 5.13. The third kappa shape index (κ3) is 4.19. The first kappa shape index (κ1) is 15.3. The highest BCUT2D eigenvalue weighted by molar-refractivity contribution is 5.41. The van der Waals surface area contributed by atoms with Crippen LogP contribution in [0.5, 0.6) is 0 Å². The van der Waals surface area contributed by atoms with Crippen molar-refractivity contribution in [2.24, 2.45) is 0 Å². The molecule has 1 aliphatic carbocycles. The highest BCUT2D eigenvalue weighted by Gasteiger charge is 2.16. The summed E-state index contributed by atoms with van der Waals surface area (Å²) in [6, 6.07) is 1.97. The molecule has 0 bridgehead atoms. The van der Waals surface area contributed by atoms with Crippen LogP contribution in [-0.4, -0.2) is 54.6 Å². The summed E-state index contributed by atoms with van der Waals surface area (Å²) in [5.41, 5.74) is 1.60. The lowest BCUT2D eigenvalue weighted by atomic mass is 9.97. The Morgan fingerprint density at radius 2 is 2.05 bits per heavy atom. The van der Waals surface area contributed by atoms with Crippen LogP contribution >= 0.6 is 0 Å². The van der Waals surface area contributed by atoms with Gasteiger partial charge in [-0.15, -0.1) is 0 Å². The van der Waals surface area contributed by atoms with E-state index in [1.807, 2.05) is 12.3 Å². The molecule has 0 radical (unpaired) electrons. The van der Waals surface area contributed by atoms with Gasteiger partial charge in [-0.05, 0) is 45.2 Å². The first-order chi connectivity index (χ1) is 10.8. The van der Waals surface area contributed by atoms with Crippen LogP contribution in [0.2, 0.25) is 0 Å². The molecule has 1 aromatic rings. The van der Waals surface area contributed by atoms with Gasteiger partial charge >= 0.3 is 0 Å². The maximum absolute atomic E-state index is 4.67. The summed E-state index contributed by atoms with van der Waals surface area (Å²) in [5, 5.41) is 3.45. The number of piperazine rings is 1. The second-order valence-electron chi connectivity index (χ2n) is 6.32. The molecular formula is C17H27N5. The van der Waals surface area contributed by atoms with Gasteiger partial charge in [-0.25, -0.2) is 4.98 Å². The van der Waals surface area contributed by atoms with Crippen molar-refractivity contribution in [2.45, 2.75) is 32.1 Å². The molecule has 22 heavy (non-hydrogen) atoms. The van der Waals surface area contributed by atoms with Gasteiger partial charge in [-0.3, -0.25) is 0 Å². The number of aromatic nitrogens is 2. The number of anilines is 2. The molecule has 1 N–H and O–H groups in total. The minimum atomic E-state index is 0.856. The third-order valence-corrected chi connectivity index (χ3v) is 4.57. The molecule has 5 nitrogen and oxygen atoms in total. The molecule has 0 saturated carbocycles. The minimum Gasteiger partial charge on any atom is -0.370 e. The van der Waals surface area contributed by atoms with Crippen molar-refractivity contribution >= 4 is 11.8 Å². The number of hydrogen-bond donors (Lipinski definition) is 1. The van der Waals surface area contributed by atoms with Gasteiger partial charge < -0.3 is 15.1 Å². The Labute approximate surface area is 133 Å². The van der Waals surface area contributed by atoms with E-state index < -0.39 is 0 Å². The molecule has 1 fully saturated rings. The van der Waals surface area contributed by atoms with E-state index in [1.54, 1.807) is 5.57 Å². The molecule has 5 heteroatoms. The molecule has 0 atom stereocenters. The maximum atomic E-state index is 4.67. The summed E-state index contributed by atoms with van der Waals surface area (Å²) < 4.78 is 0. The van der Waals surface area contributed by atoms with Crippen molar-refractivity contribution < 1.29 is 0 Å². The van der Waals surface area contributed by atoms with Gasteiger partial charge in [0.15, 0.2) is 0 Å². The topological polar surface area (TPSA) is 44.3 Å². The monoisotopic (exact) mass is 301 g/mol. The molecule has 3 rings (SSSR count). The van der Waals surface area contributed by atoms with E-state index in [2.05, 4.69) is 38.2 Å². The molecule has 2 aliphatic rings. The Bertz CT molecular complexity index is 506. The van der Waals surface area contributed by atoms with Crippen LogP contribution < -0.4 is 10.2 Å². The molecule has 0 amide bonds. The lowest BCUT2D eigenvalue weighted by Gasteiger charge is -2.32. The minimum absolute atomic E-state index is 0.856. The van der Waals surface area contributed by atoms with Gasteiger partial charge in [0.1, 0.15) is 5.82 Å². The third-order valence-electron chi connectivity index (χ3n) is 4.57. The van der Waals surface area contributed by atoms with Crippen LogP contribution in [-0.2, 0) is 0 Å². The Balaban J connectivity index is 1.51. The number of likely N-dealkylation sites (N-methyl/N-ethyl adjacent to an activating group) is 1. The summed E-state index contributed by atoms with van der Waals surface area (Å²) in [5.74, 6) is 1.80. The molecule has 0 unspecified atom stereocenters. The average Bonchev–Trinajstić information content (AvgIpc) is 2.57. The lowest BCUT2D eigenvalue weighted by molar-refractivity contribution is 0.311. The molecule has 1 aliphatic heterocycles. The molecule has 120 valence electrons. The zero-order chi connectivity index (χ0) is 15.2. The van der Waals surface area contributed by atoms with Crippen LogP contribution in [0.3, 0.4) is 0 Å². The molecule has 0 spiro atoms. The van der Waals surface area contributed by atoms with E-state index in [1.165, 1.54) is 25.7 Å². The quantitative estimate of drug-likeness (QED) is 0.847. The van der Waals surface area contributed by atoms with Gasteiger partial charge in [0.05, 0.1) is 0 Å². The molecule has 1 aromatic heterocycles. The zero-order valence-electron chi connectivity index (χ0n) is 13.6. The van der Waals surface area contributed by atoms with Crippen LogP contribution in [0.15, 0.2) is 23.9 Å². The highest BCUT2D eigenvalue weighted by atomic mass is 15.3. The van der Waals surface area contributed by atoms with Crippen LogP contribution in [0.4, 0.5) is 11.8 Å². The SMILES string of the molecule is CN1CCN(c2nccc(NCCC3=CCCCC3)n2)CC1. The van der Waals surface area contributed by atoms with Gasteiger partial charge in [0.2, 0.25) is 5.95 Å². The van der Waals surface area contributed by atoms with Crippen molar-refractivity contribution in [1.29, 1.82) is 0 Å². The average molecular weight is 301 g/mol. The summed E-state index contributed by atoms with van der Waals surface area (Å²) >= 11 is 0. The Kier molecular flexibility index (Phi) is 5.27. The fourth-order valence-electron chi connectivity index (χ4n) is 3.09. The van der Waals surface area contributed by atoms with Crippen molar-refractivity contribution in [2.75, 3.05) is 50.0 Å². The standard InChI is InChI=1S/C17H27N5/c1-21-11-13-22(14-12-21)17-19-10-8-16(20-17)18-9-7-15-5-3-2-4-6-15/h5,8,10H,2-4,6-7,9,11-14H2,1H3,(H,18,19,20). The Morgan fingerprint density at radius 3 is 2.82 bits per heavy atom. The predicted molar refractivity (Wildman–Crippen MR) is 91.4 cm³/mol. The van der Waals surface area contributed by atoms with Crippen molar-refractivity contribution in [1.82, 2.24) is 14.9 Å². The van der Waals surface area contributed by atoms with E-state index in [9.17, 15) is 0 Å². The van der Waals surface area contributed by atoms with Gasteiger partial charge in [-0.2, -0.15) is 4.98 Å². The lowest BCUT2D eigenvalue weighted by Crippen LogP contribution is -2.45. The largest absolute Gasteiger partial charge is 0.370 e. The molecule has 1 saturated heterocycles. The highest BCUT2D eigenvalue weighted by Crippen LogP contribution is 2.20. The number of rotatable bonds is 5. The second kappa shape index (κ2) is 7.58. The zero-order valence-corrected chi connectivity index (χ0v) is 13.6. The van der Waals surface area contributed by atoms with E-state index in [0.717, 1.165) is 50.9 Å². The maximum Gasteiger partial charge on any atom is 0.227 e. The van der Waals surface area contributed by atoms with Gasteiger partial charge in [-0.1, -0.05) is 11.6 Å². The van der Waals surface area contributed by atoms with E-state index in [-0.39, 0.29) is 0 Å². The molecule has 2 heterocycles. The van der Waals surface area contributed by atoms with Crippen LogP contribution in [0.25, 0.3) is 0 Å². The van der Waals surface area contributed by atoms with E-state index >= 15 is 0 Å². The second-order valence-corrected chi connectivity index (χ2v) is 6.32. The van der Waals surface area contributed by atoms with Gasteiger partial charge in [0, 0.05) is 38.9 Å². The van der Waals surface area contributed by atoms with Crippen LogP contribution in [0.1, 0.15) is 32.1 Å². The van der Waals surface area contributed by atoms with Crippen molar-refractivity contribution in [3.05, 3.63) is 23.9 Å². The predicted octanol–water partition coefficient (Wildman–Crippen LogP) is 2.53. The number of nitrogens with one attached hydrogen (secondary N) is 1. The molecule has 0 aromatic carbocycles. The normalized spacial score (nSPS) is 19.9. The molecular weight excluding hydrogens is 274 g/mol. The van der Waals surface area contributed by atoms with E-state index in [0.29, 0.717) is 0 Å². The fraction of sp³-hybridized carbons (Fsp3) is 0.647. The van der Waals surface area contributed by atoms with Crippen molar-refractivity contribution in [3.8, 4) is 0 Å². The van der Waals surface area contributed by atoms with Gasteiger partial charge in [0.25, 0.3) is 0 Å². The fourth-order valence-corrected chi connectivity index (χ4v) is 3.09. The first-order valence-corrected chi connectivity index (χ1v) is 8.49. The smallest absolute Gasteiger partial charge is 0.227 e. The first-order valence-electron chi connectivity index (χ1n) is 8.49. The Morgan fingerprint density at radius 1 is 1.18 bits per heavy atom. The number of hydrogen-bond acceptors (Lipinski definition) is 5. The van der Waals surface area contributed by atoms with E-state index in [4.69, 9.17) is 0 Å². The van der Waals surface area contributed by atoms with Crippen LogP contribution in [0, 0.1) is 0 Å². The summed E-state index contributed by atoms with van der Waals surface area (Å²) in [4.78, 5) is 13.7. The summed E-state index contributed by atoms with van der Waals surface area (Å²) in [7, 11) is 2.16. The van der Waals surface area contributed by atoms with Crippen molar-refractivity contribution in [3.63, 3.8) is 0 Å². The number of allylic oxidation sites excluding steroid dienone is 1. The summed E-state index contributed by atoms with van der Waals surface area (Å²) in [6.07, 6.45) is 10.7. The Hall–Kier alpha value is -1.62. The number of nitrogens with zero attached hydrogens (tertiary/aromatic N) is 4.